The molecule has 1 radical (unpaired) electrons. The Balaban J connectivity index is 2.19. The molecule has 0 fully saturated rings. The van der Waals surface area contributed by atoms with Crippen molar-refractivity contribution in [2.45, 2.75) is 57.7 Å². The molecule has 19 heavy (non-hydrogen) atoms. The monoisotopic (exact) mass is 272 g/mol. The van der Waals surface area contributed by atoms with Crippen molar-refractivity contribution < 1.29 is 4.43 Å². The molecule has 1 aliphatic carbocycles. The van der Waals surface area contributed by atoms with E-state index >= 15 is 0 Å². The van der Waals surface area contributed by atoms with Crippen LogP contribution in [0.1, 0.15) is 50.0 Å². The Morgan fingerprint density at radius 2 is 2.16 bits per heavy atom. The van der Waals surface area contributed by atoms with E-state index in [2.05, 4.69) is 51.6 Å². The third-order valence-electron chi connectivity index (χ3n) is 3.96. The first-order valence-electron chi connectivity index (χ1n) is 6.92. The van der Waals surface area contributed by atoms with Gasteiger partial charge in [-0.05, 0) is 41.1 Å². The number of benzene rings is 1. The third kappa shape index (κ3) is 3.07. The highest BCUT2D eigenvalue weighted by Crippen LogP contribution is 2.39. The zero-order valence-electron chi connectivity index (χ0n) is 12.3. The van der Waals surface area contributed by atoms with E-state index in [0.717, 1.165) is 12.8 Å². The molecule has 0 saturated heterocycles. The molecule has 0 unspecified atom stereocenters. The quantitative estimate of drug-likeness (QED) is 0.773. The van der Waals surface area contributed by atoms with Crippen LogP contribution in [0.15, 0.2) is 18.2 Å². The molecule has 2 nitrogen and oxygen atoms in total. The number of hydrogen-bond donors (Lipinski definition) is 0. The molecule has 1 atom stereocenters. The van der Waals surface area contributed by atoms with Crippen molar-refractivity contribution in [2.75, 3.05) is 0 Å². The highest BCUT2D eigenvalue weighted by molar-refractivity contribution is 6.53. The number of rotatable bonds is 3. The van der Waals surface area contributed by atoms with E-state index in [-0.39, 0.29) is 11.1 Å². The van der Waals surface area contributed by atoms with E-state index in [9.17, 15) is 0 Å². The summed E-state index contributed by atoms with van der Waals surface area (Å²) in [6.45, 7) is 9.01. The van der Waals surface area contributed by atoms with E-state index in [0.29, 0.717) is 6.42 Å². The summed E-state index contributed by atoms with van der Waals surface area (Å²) in [5.41, 5.74) is 3.87. The Morgan fingerprint density at radius 3 is 2.79 bits per heavy atom. The largest absolute Gasteiger partial charge is 0.409 e. The van der Waals surface area contributed by atoms with Gasteiger partial charge in [-0.3, -0.25) is 0 Å². The van der Waals surface area contributed by atoms with E-state index in [1.54, 1.807) is 0 Å². The van der Waals surface area contributed by atoms with Crippen molar-refractivity contribution in [1.82, 2.24) is 0 Å². The first-order valence-corrected chi connectivity index (χ1v) is 8.82. The maximum absolute atomic E-state index is 8.89. The molecular weight excluding hydrogens is 250 g/mol. The van der Waals surface area contributed by atoms with E-state index in [4.69, 9.17) is 9.69 Å². The van der Waals surface area contributed by atoms with Crippen molar-refractivity contribution in [2.24, 2.45) is 0 Å². The Hall–Kier alpha value is -1.11. The standard InChI is InChI=1S/C16H22NOSi/c1-16(2,3)19(4)18-15-9-8-13-12(10-11-17)6-5-7-14(13)15/h5-7,15H,8-10H2,1-4H3/t15-/m0/s1. The van der Waals surface area contributed by atoms with E-state index < -0.39 is 9.04 Å². The van der Waals surface area contributed by atoms with Crippen molar-refractivity contribution in [3.63, 3.8) is 0 Å². The van der Waals surface area contributed by atoms with Gasteiger partial charge < -0.3 is 4.43 Å². The summed E-state index contributed by atoms with van der Waals surface area (Å²) >= 11 is 0. The number of nitrogens with zero attached hydrogens (tertiary/aromatic N) is 1. The SMILES string of the molecule is C[Si](O[C@H]1CCc2c(CC#N)cccc21)C(C)(C)C. The first kappa shape index (κ1) is 14.3. The zero-order valence-corrected chi connectivity index (χ0v) is 13.3. The van der Waals surface area contributed by atoms with E-state index in [1.807, 2.05) is 0 Å². The predicted molar refractivity (Wildman–Crippen MR) is 79.2 cm³/mol. The normalized spacial score (nSPS) is 18.4. The van der Waals surface area contributed by atoms with Gasteiger partial charge in [0.2, 0.25) is 9.04 Å². The average molecular weight is 272 g/mol. The maximum atomic E-state index is 8.89. The van der Waals surface area contributed by atoms with Crippen molar-refractivity contribution in [3.8, 4) is 6.07 Å². The molecule has 1 aromatic rings. The molecule has 0 aliphatic heterocycles. The Morgan fingerprint density at radius 1 is 1.42 bits per heavy atom. The Bertz CT molecular complexity index is 498. The maximum Gasteiger partial charge on any atom is 0.214 e. The molecule has 0 heterocycles. The van der Waals surface area contributed by atoms with Gasteiger partial charge >= 0.3 is 0 Å². The van der Waals surface area contributed by atoms with Gasteiger partial charge in [-0.2, -0.15) is 5.26 Å². The fourth-order valence-electron chi connectivity index (χ4n) is 2.46. The van der Waals surface area contributed by atoms with Crippen LogP contribution in [-0.4, -0.2) is 9.04 Å². The lowest BCUT2D eigenvalue weighted by Gasteiger charge is -2.28. The molecule has 3 heteroatoms. The molecule has 101 valence electrons. The minimum Gasteiger partial charge on any atom is -0.409 e. The fourth-order valence-corrected chi connectivity index (χ4v) is 3.48. The second-order valence-corrected chi connectivity index (χ2v) is 9.12. The summed E-state index contributed by atoms with van der Waals surface area (Å²) in [4.78, 5) is 0. The molecule has 0 aromatic heterocycles. The van der Waals surface area contributed by atoms with Crippen LogP contribution in [0, 0.1) is 11.3 Å². The van der Waals surface area contributed by atoms with Gasteiger partial charge in [0.05, 0.1) is 18.6 Å². The summed E-state index contributed by atoms with van der Waals surface area (Å²) in [5, 5.41) is 9.15. The van der Waals surface area contributed by atoms with Gasteiger partial charge in [0.1, 0.15) is 0 Å². The van der Waals surface area contributed by atoms with Crippen LogP contribution in [0.2, 0.25) is 11.6 Å². The van der Waals surface area contributed by atoms with Gasteiger partial charge in [-0.25, -0.2) is 0 Å². The second kappa shape index (κ2) is 5.48. The predicted octanol–water partition coefficient (Wildman–Crippen LogP) is 4.18. The van der Waals surface area contributed by atoms with Gasteiger partial charge in [-0.15, -0.1) is 0 Å². The summed E-state index contributed by atoms with van der Waals surface area (Å²) in [5.74, 6) is 0. The highest BCUT2D eigenvalue weighted by atomic mass is 28.3. The average Bonchev–Trinajstić information content (AvgIpc) is 2.73. The number of hydrogen-bond acceptors (Lipinski definition) is 2. The molecule has 0 amide bonds. The second-order valence-electron chi connectivity index (χ2n) is 6.27. The Labute approximate surface area is 118 Å². The van der Waals surface area contributed by atoms with Crippen LogP contribution < -0.4 is 0 Å². The third-order valence-corrected chi connectivity index (χ3v) is 6.71. The fraction of sp³-hybridized carbons (Fsp3) is 0.562. The van der Waals surface area contributed by atoms with Gasteiger partial charge in [0.25, 0.3) is 0 Å². The minimum absolute atomic E-state index is 0.242. The van der Waals surface area contributed by atoms with Crippen molar-refractivity contribution in [1.29, 1.82) is 5.26 Å². The lowest BCUT2D eigenvalue weighted by molar-refractivity contribution is 0.198. The number of nitriles is 1. The van der Waals surface area contributed by atoms with Crippen LogP contribution in [0.5, 0.6) is 0 Å². The van der Waals surface area contributed by atoms with Gasteiger partial charge in [0.15, 0.2) is 0 Å². The molecular formula is C16H22NOSi. The molecule has 1 aliphatic rings. The molecule has 0 spiro atoms. The Kier molecular flexibility index (Phi) is 4.12. The smallest absolute Gasteiger partial charge is 0.214 e. The topological polar surface area (TPSA) is 33.0 Å². The summed E-state index contributed by atoms with van der Waals surface area (Å²) < 4.78 is 6.35. The summed E-state index contributed by atoms with van der Waals surface area (Å²) in [6.07, 6.45) is 2.87. The molecule has 0 saturated carbocycles. The lowest BCUT2D eigenvalue weighted by Crippen LogP contribution is -2.27. The molecule has 1 aromatic carbocycles. The van der Waals surface area contributed by atoms with Crippen LogP contribution in [0.3, 0.4) is 0 Å². The zero-order chi connectivity index (χ0) is 14.0. The van der Waals surface area contributed by atoms with Gasteiger partial charge in [-0.1, -0.05) is 39.0 Å². The van der Waals surface area contributed by atoms with E-state index in [1.165, 1.54) is 16.7 Å². The summed E-state index contributed by atoms with van der Waals surface area (Å²) in [7, 11) is -0.819. The van der Waals surface area contributed by atoms with Crippen molar-refractivity contribution in [3.05, 3.63) is 34.9 Å². The first-order chi connectivity index (χ1) is 8.93. The minimum atomic E-state index is -0.819. The molecule has 0 N–H and O–H groups in total. The van der Waals surface area contributed by atoms with Crippen molar-refractivity contribution >= 4 is 9.04 Å². The molecule has 0 bridgehead atoms. The number of fused-ring (bicyclic) bond motifs is 1. The van der Waals surface area contributed by atoms with Crippen LogP contribution in [0.25, 0.3) is 0 Å². The summed E-state index contributed by atoms with van der Waals surface area (Å²) in [6, 6.07) is 8.57. The van der Waals surface area contributed by atoms with Crippen LogP contribution >= 0.6 is 0 Å². The van der Waals surface area contributed by atoms with Gasteiger partial charge in [0, 0.05) is 0 Å². The molecule has 2 rings (SSSR count). The lowest BCUT2D eigenvalue weighted by atomic mass is 10.0. The highest BCUT2D eigenvalue weighted by Gasteiger charge is 2.31. The van der Waals surface area contributed by atoms with Crippen LogP contribution in [0.4, 0.5) is 0 Å². The van der Waals surface area contributed by atoms with Crippen LogP contribution in [-0.2, 0) is 17.3 Å².